The molecule has 1 saturated heterocycles. The molecule has 2 N–H and O–H groups in total. The lowest BCUT2D eigenvalue weighted by Gasteiger charge is -2.39. The van der Waals surface area contributed by atoms with Crippen molar-refractivity contribution in [3.63, 3.8) is 0 Å². The van der Waals surface area contributed by atoms with E-state index in [4.69, 9.17) is 0 Å². The number of nitrogens with zero attached hydrogens (tertiary/aromatic N) is 3. The van der Waals surface area contributed by atoms with Crippen molar-refractivity contribution < 1.29 is 4.79 Å². The quantitative estimate of drug-likeness (QED) is 0.830. The van der Waals surface area contributed by atoms with Gasteiger partial charge in [0.2, 0.25) is 5.82 Å². The van der Waals surface area contributed by atoms with Crippen LogP contribution in [-0.4, -0.2) is 51.2 Å². The number of amides is 1. The molecule has 18 heavy (non-hydrogen) atoms. The molecule has 2 unspecified atom stereocenters. The van der Waals surface area contributed by atoms with E-state index in [-0.39, 0.29) is 17.8 Å². The standard InChI is InChI=1S/C12H21N5O/c1-4-9-7-17(10(5-2)6-13-9)12(18)11-14-8(3)15-16-11/h9-10,13H,4-7H2,1-3H3,(H,14,15,16). The Morgan fingerprint density at radius 1 is 1.44 bits per heavy atom. The summed E-state index contributed by atoms with van der Waals surface area (Å²) in [6.07, 6.45) is 1.96. The van der Waals surface area contributed by atoms with Gasteiger partial charge in [-0.15, -0.1) is 5.10 Å². The van der Waals surface area contributed by atoms with E-state index in [0.29, 0.717) is 11.9 Å². The third-order valence-corrected chi connectivity index (χ3v) is 3.51. The van der Waals surface area contributed by atoms with Gasteiger partial charge in [-0.05, 0) is 19.8 Å². The van der Waals surface area contributed by atoms with E-state index < -0.39 is 0 Å². The highest BCUT2D eigenvalue weighted by Crippen LogP contribution is 2.14. The molecule has 2 rings (SSSR count). The van der Waals surface area contributed by atoms with E-state index in [0.717, 1.165) is 25.9 Å². The van der Waals surface area contributed by atoms with E-state index in [1.807, 2.05) is 4.90 Å². The van der Waals surface area contributed by atoms with Crippen LogP contribution in [0.1, 0.15) is 43.1 Å². The van der Waals surface area contributed by atoms with Crippen molar-refractivity contribution in [3.05, 3.63) is 11.6 Å². The van der Waals surface area contributed by atoms with Gasteiger partial charge in [-0.25, -0.2) is 4.98 Å². The first-order valence-corrected chi connectivity index (χ1v) is 6.59. The van der Waals surface area contributed by atoms with Crippen molar-refractivity contribution in [2.75, 3.05) is 13.1 Å². The largest absolute Gasteiger partial charge is 0.330 e. The van der Waals surface area contributed by atoms with Gasteiger partial charge in [0.15, 0.2) is 0 Å². The first-order chi connectivity index (χ1) is 8.65. The molecule has 1 fully saturated rings. The molecule has 1 amide bonds. The van der Waals surface area contributed by atoms with Crippen molar-refractivity contribution in [1.82, 2.24) is 25.4 Å². The molecule has 0 spiro atoms. The van der Waals surface area contributed by atoms with Crippen LogP contribution in [0.15, 0.2) is 0 Å². The molecule has 0 aliphatic carbocycles. The number of nitrogens with one attached hydrogen (secondary N) is 2. The lowest BCUT2D eigenvalue weighted by molar-refractivity contribution is 0.0564. The number of rotatable bonds is 3. The average Bonchev–Trinajstić information content (AvgIpc) is 2.83. The second kappa shape index (κ2) is 5.48. The number of hydrogen-bond donors (Lipinski definition) is 2. The molecule has 0 aromatic carbocycles. The van der Waals surface area contributed by atoms with Crippen LogP contribution in [0.3, 0.4) is 0 Å². The third kappa shape index (κ3) is 2.53. The molecular weight excluding hydrogens is 230 g/mol. The van der Waals surface area contributed by atoms with E-state index in [1.165, 1.54) is 0 Å². The van der Waals surface area contributed by atoms with Crippen molar-refractivity contribution in [2.45, 2.75) is 45.7 Å². The molecule has 2 heterocycles. The van der Waals surface area contributed by atoms with Crippen LogP contribution in [0.2, 0.25) is 0 Å². The first-order valence-electron chi connectivity index (χ1n) is 6.59. The zero-order valence-corrected chi connectivity index (χ0v) is 11.2. The fraction of sp³-hybridized carbons (Fsp3) is 0.750. The number of aromatic amines is 1. The highest BCUT2D eigenvalue weighted by molar-refractivity contribution is 5.90. The second-order valence-corrected chi connectivity index (χ2v) is 4.78. The highest BCUT2D eigenvalue weighted by Gasteiger charge is 2.31. The normalized spacial score (nSPS) is 24.3. The maximum Gasteiger partial charge on any atom is 0.293 e. The minimum Gasteiger partial charge on any atom is -0.330 e. The Bertz CT molecular complexity index is 416. The summed E-state index contributed by atoms with van der Waals surface area (Å²) < 4.78 is 0. The summed E-state index contributed by atoms with van der Waals surface area (Å²) >= 11 is 0. The monoisotopic (exact) mass is 251 g/mol. The van der Waals surface area contributed by atoms with Crippen molar-refractivity contribution in [3.8, 4) is 0 Å². The zero-order valence-electron chi connectivity index (χ0n) is 11.2. The predicted molar refractivity (Wildman–Crippen MR) is 68.3 cm³/mol. The summed E-state index contributed by atoms with van der Waals surface area (Å²) in [4.78, 5) is 18.4. The Morgan fingerprint density at radius 3 is 2.78 bits per heavy atom. The average molecular weight is 251 g/mol. The number of carbonyl (C=O) groups excluding carboxylic acids is 1. The van der Waals surface area contributed by atoms with Crippen LogP contribution in [0.4, 0.5) is 0 Å². The topological polar surface area (TPSA) is 73.9 Å². The minimum atomic E-state index is -0.0637. The maximum atomic E-state index is 12.4. The summed E-state index contributed by atoms with van der Waals surface area (Å²) in [6.45, 7) is 7.62. The van der Waals surface area contributed by atoms with Crippen LogP contribution >= 0.6 is 0 Å². The first kappa shape index (κ1) is 13.0. The van der Waals surface area contributed by atoms with Crippen LogP contribution in [0.5, 0.6) is 0 Å². The molecule has 6 heteroatoms. The molecule has 0 saturated carbocycles. The van der Waals surface area contributed by atoms with Gasteiger partial charge in [-0.3, -0.25) is 9.89 Å². The summed E-state index contributed by atoms with van der Waals surface area (Å²) in [7, 11) is 0. The summed E-state index contributed by atoms with van der Waals surface area (Å²) in [5.41, 5.74) is 0. The lowest BCUT2D eigenvalue weighted by atomic mass is 10.1. The molecule has 1 aromatic rings. The van der Waals surface area contributed by atoms with Gasteiger partial charge in [0, 0.05) is 25.2 Å². The molecule has 100 valence electrons. The fourth-order valence-electron chi connectivity index (χ4n) is 2.32. The van der Waals surface area contributed by atoms with E-state index in [9.17, 15) is 4.79 Å². The van der Waals surface area contributed by atoms with Crippen molar-refractivity contribution in [2.24, 2.45) is 0 Å². The molecule has 1 aliphatic rings. The number of carbonyl (C=O) groups is 1. The van der Waals surface area contributed by atoms with Crippen LogP contribution in [-0.2, 0) is 0 Å². The number of piperazine rings is 1. The van der Waals surface area contributed by atoms with Crippen LogP contribution in [0.25, 0.3) is 0 Å². The summed E-state index contributed by atoms with van der Waals surface area (Å²) in [6, 6.07) is 0.607. The molecular formula is C12H21N5O. The second-order valence-electron chi connectivity index (χ2n) is 4.78. The number of hydrogen-bond acceptors (Lipinski definition) is 4. The van der Waals surface area contributed by atoms with Gasteiger partial charge in [-0.1, -0.05) is 13.8 Å². The smallest absolute Gasteiger partial charge is 0.293 e. The lowest BCUT2D eigenvalue weighted by Crippen LogP contribution is -2.58. The van der Waals surface area contributed by atoms with Gasteiger partial charge in [0.25, 0.3) is 5.91 Å². The Kier molecular flexibility index (Phi) is 3.96. The molecule has 0 radical (unpaired) electrons. The summed E-state index contributed by atoms with van der Waals surface area (Å²) in [5.74, 6) is 0.891. The fourth-order valence-corrected chi connectivity index (χ4v) is 2.32. The van der Waals surface area contributed by atoms with Crippen LogP contribution in [0, 0.1) is 6.92 Å². The Hall–Kier alpha value is -1.43. The predicted octanol–water partition coefficient (Wildman–Crippen LogP) is 0.716. The third-order valence-electron chi connectivity index (χ3n) is 3.51. The van der Waals surface area contributed by atoms with Gasteiger partial charge in [0.05, 0.1) is 0 Å². The van der Waals surface area contributed by atoms with Crippen LogP contribution < -0.4 is 5.32 Å². The van der Waals surface area contributed by atoms with E-state index >= 15 is 0 Å². The van der Waals surface area contributed by atoms with E-state index in [1.54, 1.807) is 6.92 Å². The molecule has 1 aromatic heterocycles. The summed E-state index contributed by atoms with van der Waals surface area (Å²) in [5, 5.41) is 10.2. The van der Waals surface area contributed by atoms with Crippen molar-refractivity contribution >= 4 is 5.91 Å². The molecule has 1 aliphatic heterocycles. The highest BCUT2D eigenvalue weighted by atomic mass is 16.2. The Morgan fingerprint density at radius 2 is 2.22 bits per heavy atom. The minimum absolute atomic E-state index is 0.0637. The molecule has 6 nitrogen and oxygen atoms in total. The Labute approximate surface area is 107 Å². The van der Waals surface area contributed by atoms with Gasteiger partial charge >= 0.3 is 0 Å². The zero-order chi connectivity index (χ0) is 13.1. The Balaban J connectivity index is 2.14. The van der Waals surface area contributed by atoms with E-state index in [2.05, 4.69) is 34.3 Å². The molecule has 0 bridgehead atoms. The molecule has 2 atom stereocenters. The van der Waals surface area contributed by atoms with Gasteiger partial charge < -0.3 is 10.2 Å². The maximum absolute atomic E-state index is 12.4. The van der Waals surface area contributed by atoms with Gasteiger partial charge in [0.1, 0.15) is 5.82 Å². The van der Waals surface area contributed by atoms with Gasteiger partial charge in [-0.2, -0.15) is 0 Å². The number of aromatic nitrogens is 3. The number of aryl methyl sites for hydroxylation is 1. The SMILES string of the molecule is CCC1CN(C(=O)c2n[nH]c(C)n2)C(CC)CN1. The number of H-pyrrole nitrogens is 1. The van der Waals surface area contributed by atoms with Crippen molar-refractivity contribution in [1.29, 1.82) is 0 Å².